The van der Waals surface area contributed by atoms with Crippen LogP contribution in [0.2, 0.25) is 0 Å². The largest absolute Gasteiger partial charge is 0.393 e. The summed E-state index contributed by atoms with van der Waals surface area (Å²) < 4.78 is 0. The van der Waals surface area contributed by atoms with Crippen molar-refractivity contribution >= 4 is 5.91 Å². The molecule has 1 saturated heterocycles. The molecule has 3 N–H and O–H groups in total. The number of rotatable bonds is 4. The Morgan fingerprint density at radius 1 is 1.50 bits per heavy atom. The molecule has 2 aliphatic rings. The van der Waals surface area contributed by atoms with E-state index in [-0.39, 0.29) is 17.4 Å². The highest BCUT2D eigenvalue weighted by molar-refractivity contribution is 5.83. The molecular formula is C14H26N2O2. The Bertz CT molecular complexity index is 288. The SMILES string of the molecule is CCC1(C(=O)NCC2CCC(O)C2)CCCNC1. The number of carbonyl (C=O) groups excluding carboxylic acids is 1. The summed E-state index contributed by atoms with van der Waals surface area (Å²) in [6.07, 6.45) is 5.61. The lowest BCUT2D eigenvalue weighted by atomic mass is 9.77. The summed E-state index contributed by atoms with van der Waals surface area (Å²) in [6.45, 7) is 4.68. The Balaban J connectivity index is 1.82. The van der Waals surface area contributed by atoms with Crippen molar-refractivity contribution in [1.29, 1.82) is 0 Å². The summed E-state index contributed by atoms with van der Waals surface area (Å²) in [5.74, 6) is 0.674. The maximum Gasteiger partial charge on any atom is 0.227 e. The quantitative estimate of drug-likeness (QED) is 0.702. The summed E-state index contributed by atoms with van der Waals surface area (Å²) in [5, 5.41) is 15.9. The second-order valence-electron chi connectivity index (χ2n) is 5.96. The molecular weight excluding hydrogens is 228 g/mol. The second kappa shape index (κ2) is 6.02. The fourth-order valence-corrected chi connectivity index (χ4v) is 3.28. The zero-order valence-electron chi connectivity index (χ0n) is 11.4. The Morgan fingerprint density at radius 2 is 2.33 bits per heavy atom. The minimum atomic E-state index is -0.199. The third kappa shape index (κ3) is 3.04. The van der Waals surface area contributed by atoms with E-state index >= 15 is 0 Å². The van der Waals surface area contributed by atoms with E-state index in [0.717, 1.165) is 58.2 Å². The topological polar surface area (TPSA) is 61.4 Å². The lowest BCUT2D eigenvalue weighted by Gasteiger charge is -2.35. The van der Waals surface area contributed by atoms with Crippen molar-refractivity contribution in [3.05, 3.63) is 0 Å². The van der Waals surface area contributed by atoms with Gasteiger partial charge in [-0.15, -0.1) is 0 Å². The molecule has 2 rings (SSSR count). The smallest absolute Gasteiger partial charge is 0.227 e. The van der Waals surface area contributed by atoms with E-state index in [1.165, 1.54) is 0 Å². The third-order valence-electron chi connectivity index (χ3n) is 4.70. The molecule has 1 aliphatic heterocycles. The van der Waals surface area contributed by atoms with E-state index in [2.05, 4.69) is 17.6 Å². The normalized spacial score (nSPS) is 36.6. The van der Waals surface area contributed by atoms with Gasteiger partial charge in [-0.3, -0.25) is 4.79 Å². The van der Waals surface area contributed by atoms with Crippen LogP contribution in [-0.4, -0.2) is 36.8 Å². The molecule has 1 aliphatic carbocycles. The van der Waals surface area contributed by atoms with Crippen molar-refractivity contribution in [1.82, 2.24) is 10.6 Å². The van der Waals surface area contributed by atoms with E-state index < -0.39 is 0 Å². The maximum atomic E-state index is 12.4. The molecule has 4 heteroatoms. The minimum Gasteiger partial charge on any atom is -0.393 e. The molecule has 1 saturated carbocycles. The first-order valence-corrected chi connectivity index (χ1v) is 7.33. The van der Waals surface area contributed by atoms with Crippen molar-refractivity contribution in [3.63, 3.8) is 0 Å². The number of piperidine rings is 1. The summed E-state index contributed by atoms with van der Waals surface area (Å²) in [7, 11) is 0. The van der Waals surface area contributed by atoms with Crippen molar-refractivity contribution in [3.8, 4) is 0 Å². The van der Waals surface area contributed by atoms with Gasteiger partial charge in [-0.1, -0.05) is 6.92 Å². The summed E-state index contributed by atoms with van der Waals surface area (Å²) in [5.41, 5.74) is -0.199. The van der Waals surface area contributed by atoms with E-state index in [4.69, 9.17) is 0 Å². The van der Waals surface area contributed by atoms with Crippen LogP contribution in [0.15, 0.2) is 0 Å². The number of hydrogen-bond donors (Lipinski definition) is 3. The van der Waals surface area contributed by atoms with Gasteiger partial charge >= 0.3 is 0 Å². The van der Waals surface area contributed by atoms with Gasteiger partial charge < -0.3 is 15.7 Å². The number of nitrogens with one attached hydrogen (secondary N) is 2. The standard InChI is InChI=1S/C14H26N2O2/c1-2-14(6-3-7-15-10-14)13(18)16-9-11-4-5-12(17)8-11/h11-12,15,17H,2-10H2,1H3,(H,16,18). The van der Waals surface area contributed by atoms with Crippen LogP contribution in [0.25, 0.3) is 0 Å². The van der Waals surface area contributed by atoms with Crippen LogP contribution in [0, 0.1) is 11.3 Å². The molecule has 0 bridgehead atoms. The fraction of sp³-hybridized carbons (Fsp3) is 0.929. The molecule has 2 fully saturated rings. The van der Waals surface area contributed by atoms with E-state index in [9.17, 15) is 9.90 Å². The predicted octanol–water partition coefficient (Wildman–Crippen LogP) is 1.04. The van der Waals surface area contributed by atoms with Gasteiger partial charge in [-0.05, 0) is 51.0 Å². The van der Waals surface area contributed by atoms with Crippen molar-refractivity contribution in [2.45, 2.75) is 51.6 Å². The van der Waals surface area contributed by atoms with E-state index in [0.29, 0.717) is 5.92 Å². The zero-order valence-corrected chi connectivity index (χ0v) is 11.4. The first kappa shape index (κ1) is 13.8. The van der Waals surface area contributed by atoms with Crippen LogP contribution in [0.5, 0.6) is 0 Å². The van der Waals surface area contributed by atoms with Gasteiger partial charge in [0.2, 0.25) is 5.91 Å². The molecule has 0 radical (unpaired) electrons. The summed E-state index contributed by atoms with van der Waals surface area (Å²) >= 11 is 0. The van der Waals surface area contributed by atoms with Crippen LogP contribution in [0.4, 0.5) is 0 Å². The average Bonchev–Trinajstić information content (AvgIpc) is 2.82. The molecule has 4 nitrogen and oxygen atoms in total. The van der Waals surface area contributed by atoms with Gasteiger partial charge in [-0.25, -0.2) is 0 Å². The zero-order chi connectivity index (χ0) is 13.0. The number of aliphatic hydroxyl groups is 1. The highest BCUT2D eigenvalue weighted by Gasteiger charge is 2.38. The molecule has 104 valence electrons. The Kier molecular flexibility index (Phi) is 4.62. The number of aliphatic hydroxyl groups excluding tert-OH is 1. The number of hydrogen-bond acceptors (Lipinski definition) is 3. The summed E-state index contributed by atoms with van der Waals surface area (Å²) in [4.78, 5) is 12.4. The fourth-order valence-electron chi connectivity index (χ4n) is 3.28. The highest BCUT2D eigenvalue weighted by Crippen LogP contribution is 2.31. The van der Waals surface area contributed by atoms with Gasteiger partial charge in [0.25, 0.3) is 0 Å². The van der Waals surface area contributed by atoms with Crippen LogP contribution in [-0.2, 0) is 4.79 Å². The molecule has 18 heavy (non-hydrogen) atoms. The Hall–Kier alpha value is -0.610. The lowest BCUT2D eigenvalue weighted by molar-refractivity contribution is -0.132. The highest BCUT2D eigenvalue weighted by atomic mass is 16.3. The molecule has 3 atom stereocenters. The molecule has 1 heterocycles. The summed E-state index contributed by atoms with van der Waals surface area (Å²) in [6, 6.07) is 0. The van der Waals surface area contributed by atoms with Crippen LogP contribution >= 0.6 is 0 Å². The van der Waals surface area contributed by atoms with E-state index in [1.54, 1.807) is 0 Å². The van der Waals surface area contributed by atoms with Gasteiger partial charge in [0.15, 0.2) is 0 Å². The van der Waals surface area contributed by atoms with Gasteiger partial charge in [-0.2, -0.15) is 0 Å². The first-order chi connectivity index (χ1) is 8.66. The van der Waals surface area contributed by atoms with Crippen molar-refractivity contribution < 1.29 is 9.90 Å². The lowest BCUT2D eigenvalue weighted by Crippen LogP contribution is -2.50. The molecule has 0 spiro atoms. The van der Waals surface area contributed by atoms with Gasteiger partial charge in [0.1, 0.15) is 0 Å². The van der Waals surface area contributed by atoms with Crippen molar-refractivity contribution in [2.75, 3.05) is 19.6 Å². The van der Waals surface area contributed by atoms with Crippen LogP contribution < -0.4 is 10.6 Å². The van der Waals surface area contributed by atoms with E-state index in [1.807, 2.05) is 0 Å². The molecule has 1 amide bonds. The predicted molar refractivity (Wildman–Crippen MR) is 71.2 cm³/mol. The van der Waals surface area contributed by atoms with Gasteiger partial charge in [0.05, 0.1) is 11.5 Å². The third-order valence-corrected chi connectivity index (χ3v) is 4.70. The second-order valence-corrected chi connectivity index (χ2v) is 5.96. The van der Waals surface area contributed by atoms with Crippen molar-refractivity contribution in [2.24, 2.45) is 11.3 Å². The number of amides is 1. The van der Waals surface area contributed by atoms with Crippen LogP contribution in [0.1, 0.15) is 45.4 Å². The molecule has 0 aromatic rings. The Morgan fingerprint density at radius 3 is 2.89 bits per heavy atom. The first-order valence-electron chi connectivity index (χ1n) is 7.33. The van der Waals surface area contributed by atoms with Crippen LogP contribution in [0.3, 0.4) is 0 Å². The minimum absolute atomic E-state index is 0.150. The maximum absolute atomic E-state index is 12.4. The van der Waals surface area contributed by atoms with Gasteiger partial charge in [0, 0.05) is 13.1 Å². The molecule has 3 unspecified atom stereocenters. The number of carbonyl (C=O) groups is 1. The Labute approximate surface area is 110 Å². The average molecular weight is 254 g/mol. The molecule has 0 aromatic carbocycles. The molecule has 0 aromatic heterocycles. The monoisotopic (exact) mass is 254 g/mol.